The van der Waals surface area contributed by atoms with Crippen molar-refractivity contribution >= 4 is 17.5 Å². The molecule has 0 spiro atoms. The second-order valence-corrected chi connectivity index (χ2v) is 9.82. The van der Waals surface area contributed by atoms with Crippen molar-refractivity contribution in [1.82, 2.24) is 5.32 Å². The van der Waals surface area contributed by atoms with Crippen molar-refractivity contribution in [3.05, 3.63) is 76.9 Å². The highest BCUT2D eigenvalue weighted by Gasteiger charge is 2.30. The van der Waals surface area contributed by atoms with Crippen molar-refractivity contribution in [3.8, 4) is 0 Å². The molecule has 8 heteroatoms. The van der Waals surface area contributed by atoms with E-state index >= 15 is 0 Å². The molecule has 3 rings (SSSR count). The van der Waals surface area contributed by atoms with Gasteiger partial charge >= 0.3 is 18.1 Å². The Hall–Kier alpha value is -3.13. The summed E-state index contributed by atoms with van der Waals surface area (Å²) in [6.07, 6.45) is -0.515. The Bertz CT molecular complexity index is 1060. The van der Waals surface area contributed by atoms with Crippen LogP contribution in [0.25, 0.3) is 5.57 Å². The largest absolute Gasteiger partial charge is 0.473 e. The number of carbonyl (C=O) groups is 2. The number of aliphatic carboxylic acids is 1. The van der Waals surface area contributed by atoms with Crippen LogP contribution in [0.1, 0.15) is 56.4 Å². The highest BCUT2D eigenvalue weighted by Crippen LogP contribution is 2.31. The Kier molecular flexibility index (Phi) is 10.3. The van der Waals surface area contributed by atoms with Gasteiger partial charge in [0.2, 0.25) is 0 Å². The molecule has 0 saturated heterocycles. The number of esters is 1. The number of ether oxygens (including phenoxy) is 1. The SMILES string of the molecule is CC(C)Cc1ccc(C(C)(C)COC(=O)C(=O)O)cc1.FC(F)(F)c1cccc(C2=CCNCC2)c1. The molecule has 1 aliphatic heterocycles. The van der Waals surface area contributed by atoms with E-state index in [1.807, 2.05) is 32.1 Å². The lowest BCUT2D eigenvalue weighted by atomic mass is 9.85. The van der Waals surface area contributed by atoms with E-state index in [0.717, 1.165) is 43.1 Å². The van der Waals surface area contributed by atoms with Crippen LogP contribution in [0.2, 0.25) is 0 Å². The van der Waals surface area contributed by atoms with E-state index in [-0.39, 0.29) is 6.61 Å². The molecule has 36 heavy (non-hydrogen) atoms. The highest BCUT2D eigenvalue weighted by atomic mass is 19.4. The average Bonchev–Trinajstić information content (AvgIpc) is 2.83. The first-order valence-corrected chi connectivity index (χ1v) is 11.9. The van der Waals surface area contributed by atoms with Gasteiger partial charge in [-0.3, -0.25) is 0 Å². The summed E-state index contributed by atoms with van der Waals surface area (Å²) < 4.78 is 42.3. The van der Waals surface area contributed by atoms with Gasteiger partial charge in [0.05, 0.1) is 5.56 Å². The lowest BCUT2D eigenvalue weighted by Gasteiger charge is -2.24. The average molecular weight is 506 g/mol. The summed E-state index contributed by atoms with van der Waals surface area (Å²) in [5.41, 5.74) is 2.96. The zero-order valence-corrected chi connectivity index (χ0v) is 21.1. The summed E-state index contributed by atoms with van der Waals surface area (Å²) in [6, 6.07) is 13.7. The second-order valence-electron chi connectivity index (χ2n) is 9.82. The van der Waals surface area contributed by atoms with Crippen molar-refractivity contribution in [2.45, 2.75) is 52.1 Å². The minimum Gasteiger partial charge on any atom is -0.473 e. The number of alkyl halides is 3. The Morgan fingerprint density at radius 1 is 1.06 bits per heavy atom. The van der Waals surface area contributed by atoms with E-state index in [1.165, 1.54) is 17.7 Å². The topological polar surface area (TPSA) is 75.6 Å². The molecule has 2 N–H and O–H groups in total. The molecular formula is C28H34F3NO4. The summed E-state index contributed by atoms with van der Waals surface area (Å²) in [6.45, 7) is 9.76. The van der Waals surface area contributed by atoms with Crippen LogP contribution in [0.4, 0.5) is 13.2 Å². The van der Waals surface area contributed by atoms with Crippen molar-refractivity contribution in [2.75, 3.05) is 19.7 Å². The first-order chi connectivity index (χ1) is 16.8. The molecule has 1 aliphatic rings. The van der Waals surface area contributed by atoms with Crippen LogP contribution in [0.5, 0.6) is 0 Å². The van der Waals surface area contributed by atoms with Crippen molar-refractivity contribution in [2.24, 2.45) is 5.92 Å². The molecule has 1 heterocycles. The zero-order chi connectivity index (χ0) is 26.9. The Labute approximate surface area is 210 Å². The number of halogens is 3. The molecule has 196 valence electrons. The summed E-state index contributed by atoms with van der Waals surface area (Å²) in [7, 11) is 0. The number of carboxylic acids is 1. The molecule has 0 saturated carbocycles. The van der Waals surface area contributed by atoms with Crippen LogP contribution in [0, 0.1) is 5.92 Å². The number of hydrogen-bond donors (Lipinski definition) is 2. The fourth-order valence-corrected chi connectivity index (χ4v) is 3.73. The third-order valence-electron chi connectivity index (χ3n) is 5.74. The predicted molar refractivity (Wildman–Crippen MR) is 134 cm³/mol. The number of carbonyl (C=O) groups excluding carboxylic acids is 1. The molecule has 0 fully saturated rings. The van der Waals surface area contributed by atoms with Gasteiger partial charge in [-0.05, 0) is 59.7 Å². The van der Waals surface area contributed by atoms with Crippen LogP contribution < -0.4 is 5.32 Å². The van der Waals surface area contributed by atoms with E-state index < -0.39 is 29.1 Å². The molecular weight excluding hydrogens is 471 g/mol. The quantitative estimate of drug-likeness (QED) is 0.379. The van der Waals surface area contributed by atoms with Crippen LogP contribution in [-0.2, 0) is 32.3 Å². The van der Waals surface area contributed by atoms with Gasteiger partial charge in [0, 0.05) is 12.0 Å². The van der Waals surface area contributed by atoms with Crippen LogP contribution in [-0.4, -0.2) is 36.7 Å². The number of carboxylic acid groups (broad SMARTS) is 1. The first-order valence-electron chi connectivity index (χ1n) is 11.9. The van der Waals surface area contributed by atoms with Crippen molar-refractivity contribution in [3.63, 3.8) is 0 Å². The first kappa shape index (κ1) is 29.1. The summed E-state index contributed by atoms with van der Waals surface area (Å²) >= 11 is 0. The van der Waals surface area contributed by atoms with Gasteiger partial charge in [0.1, 0.15) is 6.61 Å². The normalized spacial score (nSPS) is 13.9. The molecule has 0 aliphatic carbocycles. The third kappa shape index (κ3) is 9.15. The summed E-state index contributed by atoms with van der Waals surface area (Å²) in [5, 5.41) is 11.6. The number of benzene rings is 2. The molecule has 0 amide bonds. The van der Waals surface area contributed by atoms with Crippen LogP contribution >= 0.6 is 0 Å². The fourth-order valence-electron chi connectivity index (χ4n) is 3.73. The molecule has 0 bridgehead atoms. The molecule has 0 aromatic heterocycles. The number of rotatable bonds is 6. The maximum absolute atomic E-state index is 12.5. The maximum Gasteiger partial charge on any atom is 0.417 e. The van der Waals surface area contributed by atoms with Gasteiger partial charge in [0.15, 0.2) is 0 Å². The monoisotopic (exact) mass is 505 g/mol. The zero-order valence-electron chi connectivity index (χ0n) is 21.1. The lowest BCUT2D eigenvalue weighted by Crippen LogP contribution is -2.28. The Balaban J connectivity index is 0.000000259. The summed E-state index contributed by atoms with van der Waals surface area (Å²) in [5.74, 6) is -2.17. The van der Waals surface area contributed by atoms with Gasteiger partial charge < -0.3 is 15.2 Å². The van der Waals surface area contributed by atoms with E-state index in [0.29, 0.717) is 11.5 Å². The van der Waals surface area contributed by atoms with Gasteiger partial charge in [-0.2, -0.15) is 13.2 Å². The highest BCUT2D eigenvalue weighted by molar-refractivity contribution is 6.28. The maximum atomic E-state index is 12.5. The molecule has 0 unspecified atom stereocenters. The van der Waals surface area contributed by atoms with Gasteiger partial charge in [-0.25, -0.2) is 9.59 Å². The standard InChI is InChI=1S/C16H22O4.C12H12F3N/c1-11(2)9-12-5-7-13(8-6-12)16(3,4)10-20-15(19)14(17)18;13-12(14,15)11-3-1-2-10(8-11)9-4-6-16-7-5-9/h5-8,11H,9-10H2,1-4H3,(H,17,18);1-4,8,16H,5-7H2. The molecule has 2 aromatic rings. The van der Waals surface area contributed by atoms with E-state index in [1.54, 1.807) is 6.07 Å². The van der Waals surface area contributed by atoms with Crippen LogP contribution in [0.3, 0.4) is 0 Å². The fraction of sp³-hybridized carbons (Fsp3) is 0.429. The van der Waals surface area contributed by atoms with E-state index in [2.05, 4.69) is 31.3 Å². The van der Waals surface area contributed by atoms with Gasteiger partial charge in [-0.1, -0.05) is 70.2 Å². The van der Waals surface area contributed by atoms with Crippen LogP contribution in [0.15, 0.2) is 54.6 Å². The number of nitrogens with one attached hydrogen (secondary N) is 1. The molecule has 2 aromatic carbocycles. The van der Waals surface area contributed by atoms with E-state index in [4.69, 9.17) is 9.84 Å². The third-order valence-corrected chi connectivity index (χ3v) is 5.74. The second kappa shape index (κ2) is 12.7. The number of hydrogen-bond acceptors (Lipinski definition) is 4. The lowest BCUT2D eigenvalue weighted by molar-refractivity contribution is -0.164. The minimum atomic E-state index is -4.26. The predicted octanol–water partition coefficient (Wildman–Crippen LogP) is 5.87. The summed E-state index contributed by atoms with van der Waals surface area (Å²) in [4.78, 5) is 21.4. The minimum absolute atomic E-state index is 0.0433. The van der Waals surface area contributed by atoms with Gasteiger partial charge in [0.25, 0.3) is 0 Å². The molecule has 0 atom stereocenters. The van der Waals surface area contributed by atoms with Crippen molar-refractivity contribution in [1.29, 1.82) is 0 Å². The van der Waals surface area contributed by atoms with Gasteiger partial charge in [-0.15, -0.1) is 0 Å². The molecule has 0 radical (unpaired) electrons. The van der Waals surface area contributed by atoms with E-state index in [9.17, 15) is 22.8 Å². The Morgan fingerprint density at radius 2 is 1.72 bits per heavy atom. The Morgan fingerprint density at radius 3 is 2.25 bits per heavy atom. The molecule has 5 nitrogen and oxygen atoms in total. The smallest absolute Gasteiger partial charge is 0.417 e. The van der Waals surface area contributed by atoms with Crippen molar-refractivity contribution < 1.29 is 32.6 Å².